The number of hydrogen-bond donors (Lipinski definition) is 1. The quantitative estimate of drug-likeness (QED) is 0.669. The van der Waals surface area contributed by atoms with Crippen molar-refractivity contribution in [2.75, 3.05) is 26.1 Å². The first-order valence-electron chi connectivity index (χ1n) is 8.94. The van der Waals surface area contributed by atoms with E-state index in [1.165, 1.54) is 29.8 Å². The average molecular weight is 430 g/mol. The van der Waals surface area contributed by atoms with Crippen LogP contribution in [0.5, 0.6) is 11.5 Å². The Morgan fingerprint density at radius 3 is 2.76 bits per heavy atom. The van der Waals surface area contributed by atoms with Gasteiger partial charge in [-0.15, -0.1) is 11.3 Å². The zero-order valence-corrected chi connectivity index (χ0v) is 17.6. The summed E-state index contributed by atoms with van der Waals surface area (Å²) in [6.45, 7) is 0.995. The number of para-hydroxylation sites is 1. The largest absolute Gasteiger partial charge is 0.493 e. The summed E-state index contributed by atoms with van der Waals surface area (Å²) >= 11 is 2.79. The molecule has 2 aromatic heterocycles. The van der Waals surface area contributed by atoms with Crippen LogP contribution in [-0.2, 0) is 13.0 Å². The Hall–Kier alpha value is -2.91. The summed E-state index contributed by atoms with van der Waals surface area (Å²) in [6, 6.07) is 8.88. The molecular weight excluding hydrogens is 410 g/mol. The summed E-state index contributed by atoms with van der Waals surface area (Å²) in [5, 5.41) is 5.27. The Kier molecular flexibility index (Phi) is 5.50. The second-order valence-corrected chi connectivity index (χ2v) is 8.37. The minimum absolute atomic E-state index is 0.121. The van der Waals surface area contributed by atoms with Crippen LogP contribution in [0.15, 0.2) is 35.7 Å². The number of amides is 2. The third kappa shape index (κ3) is 3.83. The summed E-state index contributed by atoms with van der Waals surface area (Å²) in [7, 11) is 3.07. The predicted molar refractivity (Wildman–Crippen MR) is 112 cm³/mol. The Morgan fingerprint density at radius 1 is 1.17 bits per heavy atom. The van der Waals surface area contributed by atoms with Crippen LogP contribution in [-0.4, -0.2) is 42.5 Å². The van der Waals surface area contributed by atoms with Crippen LogP contribution < -0.4 is 14.8 Å². The molecule has 0 unspecified atom stereocenters. The van der Waals surface area contributed by atoms with Crippen LogP contribution in [0, 0.1) is 0 Å². The highest BCUT2D eigenvalue weighted by Gasteiger charge is 2.28. The van der Waals surface area contributed by atoms with Crippen LogP contribution in [0.4, 0.5) is 5.13 Å². The fraction of sp³-hybridized carbons (Fsp3) is 0.250. The molecular formula is C20H19N3O4S2. The van der Waals surface area contributed by atoms with Gasteiger partial charge in [-0.3, -0.25) is 14.9 Å². The van der Waals surface area contributed by atoms with Gasteiger partial charge in [0.15, 0.2) is 16.6 Å². The zero-order chi connectivity index (χ0) is 20.4. The molecule has 3 heterocycles. The first-order chi connectivity index (χ1) is 14.1. The SMILES string of the molecule is COc1cccc(C(=O)N2CCc3nc(NC(=O)c4cccs4)sc3C2)c1OC. The summed E-state index contributed by atoms with van der Waals surface area (Å²) < 4.78 is 10.7. The van der Waals surface area contributed by atoms with Crippen molar-refractivity contribution in [2.24, 2.45) is 0 Å². The van der Waals surface area contributed by atoms with Gasteiger partial charge in [-0.25, -0.2) is 4.98 Å². The van der Waals surface area contributed by atoms with Gasteiger partial charge in [0.1, 0.15) is 0 Å². The lowest BCUT2D eigenvalue weighted by atomic mass is 10.1. The summed E-state index contributed by atoms with van der Waals surface area (Å²) in [5.74, 6) is 0.663. The molecule has 0 bridgehead atoms. The topological polar surface area (TPSA) is 80.8 Å². The predicted octanol–water partition coefficient (Wildman–Crippen LogP) is 3.67. The number of thiazole rings is 1. The smallest absolute Gasteiger partial charge is 0.267 e. The van der Waals surface area contributed by atoms with Crippen LogP contribution in [0.25, 0.3) is 0 Å². The van der Waals surface area contributed by atoms with Crippen LogP contribution >= 0.6 is 22.7 Å². The van der Waals surface area contributed by atoms with Gasteiger partial charge in [0.05, 0.1) is 36.9 Å². The Morgan fingerprint density at radius 2 is 2.03 bits per heavy atom. The second-order valence-electron chi connectivity index (χ2n) is 6.34. The van der Waals surface area contributed by atoms with Gasteiger partial charge in [-0.1, -0.05) is 23.5 Å². The molecule has 9 heteroatoms. The van der Waals surface area contributed by atoms with Gasteiger partial charge >= 0.3 is 0 Å². The van der Waals surface area contributed by atoms with Gasteiger partial charge in [0, 0.05) is 17.8 Å². The highest BCUT2D eigenvalue weighted by Crippen LogP contribution is 2.34. The Balaban J connectivity index is 1.51. The minimum atomic E-state index is -0.167. The number of aromatic nitrogens is 1. The van der Waals surface area contributed by atoms with E-state index in [2.05, 4.69) is 10.3 Å². The summed E-state index contributed by atoms with van der Waals surface area (Å²) in [5.41, 5.74) is 1.39. The molecule has 0 spiro atoms. The molecule has 150 valence electrons. The molecule has 3 aromatic rings. The van der Waals surface area contributed by atoms with E-state index in [-0.39, 0.29) is 11.8 Å². The van der Waals surface area contributed by atoms with Crippen molar-refractivity contribution in [3.05, 3.63) is 56.7 Å². The van der Waals surface area contributed by atoms with Crippen molar-refractivity contribution in [3.63, 3.8) is 0 Å². The number of hydrogen-bond acceptors (Lipinski definition) is 7. The normalized spacial score (nSPS) is 13.0. The van der Waals surface area contributed by atoms with E-state index in [1.807, 2.05) is 11.4 Å². The Bertz CT molecular complexity index is 1050. The van der Waals surface area contributed by atoms with Crippen LogP contribution in [0.3, 0.4) is 0 Å². The summed E-state index contributed by atoms with van der Waals surface area (Å²) in [4.78, 5) is 33.3. The molecule has 0 radical (unpaired) electrons. The number of methoxy groups -OCH3 is 2. The second kappa shape index (κ2) is 8.22. The number of carbonyl (C=O) groups excluding carboxylic acids is 2. The van der Waals surface area contributed by atoms with Gasteiger partial charge in [-0.2, -0.15) is 0 Å². The maximum Gasteiger partial charge on any atom is 0.267 e. The minimum Gasteiger partial charge on any atom is -0.493 e. The number of nitrogens with one attached hydrogen (secondary N) is 1. The number of thiophene rings is 1. The fourth-order valence-electron chi connectivity index (χ4n) is 3.21. The van der Waals surface area contributed by atoms with E-state index in [4.69, 9.17) is 9.47 Å². The summed E-state index contributed by atoms with van der Waals surface area (Å²) in [6.07, 6.45) is 0.638. The van der Waals surface area contributed by atoms with E-state index >= 15 is 0 Å². The highest BCUT2D eigenvalue weighted by molar-refractivity contribution is 7.16. The molecule has 0 aliphatic carbocycles. The Labute approximate surface area is 175 Å². The number of carbonyl (C=O) groups is 2. The standard InChI is InChI=1S/C20H19N3O4S2/c1-26-14-6-3-5-12(17(14)27-2)19(25)23-9-8-13-16(11-23)29-20(21-13)22-18(24)15-7-4-10-28-15/h3-7,10H,8-9,11H2,1-2H3,(H,21,22,24). The van der Waals surface area contributed by atoms with E-state index in [9.17, 15) is 9.59 Å². The number of nitrogens with zero attached hydrogens (tertiary/aromatic N) is 2. The van der Waals surface area contributed by atoms with E-state index < -0.39 is 0 Å². The number of anilines is 1. The molecule has 0 fully saturated rings. The zero-order valence-electron chi connectivity index (χ0n) is 15.9. The van der Waals surface area contributed by atoms with Gasteiger partial charge in [-0.05, 0) is 23.6 Å². The van der Waals surface area contributed by atoms with E-state index in [0.29, 0.717) is 46.6 Å². The molecule has 1 N–H and O–H groups in total. The average Bonchev–Trinajstić information content (AvgIpc) is 3.41. The molecule has 1 aliphatic rings. The van der Waals surface area contributed by atoms with Gasteiger partial charge < -0.3 is 14.4 Å². The first-order valence-corrected chi connectivity index (χ1v) is 10.6. The molecule has 1 aliphatic heterocycles. The number of fused-ring (bicyclic) bond motifs is 1. The maximum atomic E-state index is 13.1. The molecule has 4 rings (SSSR count). The monoisotopic (exact) mass is 429 g/mol. The third-order valence-corrected chi connectivity index (χ3v) is 6.48. The van der Waals surface area contributed by atoms with Crippen molar-refractivity contribution >= 4 is 39.6 Å². The molecule has 1 aromatic carbocycles. The number of rotatable bonds is 5. The molecule has 0 atom stereocenters. The van der Waals surface area contributed by atoms with Crippen molar-refractivity contribution in [1.82, 2.24) is 9.88 Å². The van der Waals surface area contributed by atoms with E-state index in [1.54, 1.807) is 36.3 Å². The lowest BCUT2D eigenvalue weighted by molar-refractivity contribution is 0.0732. The van der Waals surface area contributed by atoms with Crippen LogP contribution in [0.2, 0.25) is 0 Å². The fourth-order valence-corrected chi connectivity index (χ4v) is 4.85. The number of benzene rings is 1. The molecule has 29 heavy (non-hydrogen) atoms. The first kappa shape index (κ1) is 19.4. The van der Waals surface area contributed by atoms with Crippen molar-refractivity contribution in [1.29, 1.82) is 0 Å². The van der Waals surface area contributed by atoms with Crippen molar-refractivity contribution < 1.29 is 19.1 Å². The molecule has 2 amide bonds. The molecule has 0 saturated carbocycles. The van der Waals surface area contributed by atoms with Gasteiger partial charge in [0.25, 0.3) is 11.8 Å². The highest BCUT2D eigenvalue weighted by atomic mass is 32.1. The van der Waals surface area contributed by atoms with E-state index in [0.717, 1.165) is 10.6 Å². The van der Waals surface area contributed by atoms with Crippen molar-refractivity contribution in [2.45, 2.75) is 13.0 Å². The number of ether oxygens (including phenoxy) is 2. The lowest BCUT2D eigenvalue weighted by Gasteiger charge is -2.27. The maximum absolute atomic E-state index is 13.1. The third-order valence-electron chi connectivity index (χ3n) is 4.62. The van der Waals surface area contributed by atoms with Gasteiger partial charge in [0.2, 0.25) is 0 Å². The lowest BCUT2D eigenvalue weighted by Crippen LogP contribution is -2.35. The van der Waals surface area contributed by atoms with Crippen LogP contribution in [0.1, 0.15) is 30.6 Å². The van der Waals surface area contributed by atoms with Crippen molar-refractivity contribution in [3.8, 4) is 11.5 Å². The molecule has 7 nitrogen and oxygen atoms in total. The molecule has 0 saturated heterocycles.